The van der Waals surface area contributed by atoms with Gasteiger partial charge in [-0.3, -0.25) is 4.79 Å². The summed E-state index contributed by atoms with van der Waals surface area (Å²) >= 11 is 1.43. The fourth-order valence-corrected chi connectivity index (χ4v) is 2.83. The van der Waals surface area contributed by atoms with Gasteiger partial charge in [0.25, 0.3) is 0 Å². The number of ketones is 1. The van der Waals surface area contributed by atoms with Gasteiger partial charge in [-0.05, 0) is 17.9 Å². The van der Waals surface area contributed by atoms with Gasteiger partial charge in [-0.25, -0.2) is 0 Å². The molecule has 1 aromatic carbocycles. The second kappa shape index (κ2) is 6.02. The molecule has 0 amide bonds. The summed E-state index contributed by atoms with van der Waals surface area (Å²) in [5.74, 6) is 0.114. The van der Waals surface area contributed by atoms with Crippen LogP contribution in [0, 0.1) is 0 Å². The van der Waals surface area contributed by atoms with Gasteiger partial charge in [-0.1, -0.05) is 56.8 Å². The summed E-state index contributed by atoms with van der Waals surface area (Å²) in [6.45, 7) is 8.39. The number of rotatable bonds is 4. The van der Waals surface area contributed by atoms with Gasteiger partial charge < -0.3 is 4.57 Å². The molecule has 0 unspecified atom stereocenters. The van der Waals surface area contributed by atoms with E-state index in [-0.39, 0.29) is 16.4 Å². The van der Waals surface area contributed by atoms with Crippen LogP contribution in [0.5, 0.6) is 0 Å². The van der Waals surface area contributed by atoms with Crippen LogP contribution in [0.15, 0.2) is 35.7 Å². The summed E-state index contributed by atoms with van der Waals surface area (Å²) in [7, 11) is 1.87. The number of benzene rings is 1. The fraction of sp³-hybridized carbons (Fsp3) is 0.438. The van der Waals surface area contributed by atoms with Gasteiger partial charge >= 0.3 is 0 Å². The lowest BCUT2D eigenvalue weighted by atomic mass is 9.86. The van der Waals surface area contributed by atoms with E-state index in [2.05, 4.69) is 31.0 Å². The number of aromatic nitrogens is 3. The van der Waals surface area contributed by atoms with Gasteiger partial charge in [0.1, 0.15) is 6.33 Å². The molecule has 0 spiro atoms. The summed E-state index contributed by atoms with van der Waals surface area (Å²) in [5, 5.41) is 8.39. The standard InChI is InChI=1S/C16H21N3OS/c1-11(21-15-18-17-10-19(15)5)14(20)12-6-8-13(9-7-12)16(2,3)4/h6-11H,1-5H3/t11-/m0/s1. The first-order valence-corrected chi connectivity index (χ1v) is 7.82. The van der Waals surface area contributed by atoms with Crippen molar-refractivity contribution in [2.75, 3.05) is 0 Å². The summed E-state index contributed by atoms with van der Waals surface area (Å²) < 4.78 is 1.82. The van der Waals surface area contributed by atoms with Crippen molar-refractivity contribution in [3.8, 4) is 0 Å². The third-order valence-electron chi connectivity index (χ3n) is 3.36. The van der Waals surface area contributed by atoms with Crippen molar-refractivity contribution in [1.29, 1.82) is 0 Å². The van der Waals surface area contributed by atoms with E-state index in [1.165, 1.54) is 17.3 Å². The average molecular weight is 303 g/mol. The number of carbonyl (C=O) groups is 1. The van der Waals surface area contributed by atoms with Gasteiger partial charge in [0.2, 0.25) is 0 Å². The lowest BCUT2D eigenvalue weighted by Crippen LogP contribution is -2.15. The summed E-state index contributed by atoms with van der Waals surface area (Å²) in [5.41, 5.74) is 2.07. The van der Waals surface area contributed by atoms with Crippen molar-refractivity contribution in [3.05, 3.63) is 41.7 Å². The second-order valence-electron chi connectivity index (χ2n) is 6.18. The van der Waals surface area contributed by atoms with E-state index in [9.17, 15) is 4.79 Å². The van der Waals surface area contributed by atoms with Gasteiger partial charge in [-0.2, -0.15) is 0 Å². The van der Waals surface area contributed by atoms with Gasteiger partial charge in [0, 0.05) is 12.6 Å². The van der Waals surface area contributed by atoms with Crippen LogP contribution < -0.4 is 0 Å². The van der Waals surface area contributed by atoms with Crippen LogP contribution in [-0.2, 0) is 12.5 Å². The van der Waals surface area contributed by atoms with Crippen LogP contribution in [0.2, 0.25) is 0 Å². The minimum Gasteiger partial charge on any atom is -0.312 e. The zero-order valence-corrected chi connectivity index (χ0v) is 13.9. The highest BCUT2D eigenvalue weighted by Gasteiger charge is 2.20. The minimum atomic E-state index is -0.187. The Hall–Kier alpha value is -1.62. The molecule has 0 aliphatic rings. The average Bonchev–Trinajstić information content (AvgIpc) is 2.82. The number of hydrogen-bond acceptors (Lipinski definition) is 4. The molecular formula is C16H21N3OS. The maximum Gasteiger partial charge on any atom is 0.191 e. The van der Waals surface area contributed by atoms with E-state index in [0.29, 0.717) is 0 Å². The Labute approximate surface area is 130 Å². The van der Waals surface area contributed by atoms with Crippen LogP contribution in [0.25, 0.3) is 0 Å². The topological polar surface area (TPSA) is 47.8 Å². The van der Waals surface area contributed by atoms with Crippen LogP contribution in [0.1, 0.15) is 43.6 Å². The van der Waals surface area contributed by atoms with Crippen molar-refractivity contribution in [1.82, 2.24) is 14.8 Å². The molecule has 0 saturated carbocycles. The van der Waals surface area contributed by atoms with Crippen molar-refractivity contribution in [3.63, 3.8) is 0 Å². The Kier molecular flexibility index (Phi) is 4.52. The molecule has 0 radical (unpaired) electrons. The maximum atomic E-state index is 12.5. The maximum absolute atomic E-state index is 12.5. The van der Waals surface area contributed by atoms with Crippen molar-refractivity contribution >= 4 is 17.5 Å². The molecule has 0 bridgehead atoms. The molecule has 0 aliphatic carbocycles. The molecule has 1 heterocycles. The van der Waals surface area contributed by atoms with E-state index in [4.69, 9.17) is 0 Å². The number of hydrogen-bond donors (Lipinski definition) is 0. The monoisotopic (exact) mass is 303 g/mol. The quantitative estimate of drug-likeness (QED) is 0.641. The van der Waals surface area contributed by atoms with Gasteiger partial charge in [0.15, 0.2) is 10.9 Å². The third kappa shape index (κ3) is 3.73. The molecule has 112 valence electrons. The molecular weight excluding hydrogens is 282 g/mol. The molecule has 2 rings (SSSR count). The van der Waals surface area contributed by atoms with E-state index in [1.54, 1.807) is 6.33 Å². The molecule has 0 N–H and O–H groups in total. The number of thioether (sulfide) groups is 1. The normalized spacial score (nSPS) is 13.2. The molecule has 0 fully saturated rings. The van der Waals surface area contributed by atoms with Crippen molar-refractivity contribution in [2.24, 2.45) is 7.05 Å². The van der Waals surface area contributed by atoms with Gasteiger partial charge in [-0.15, -0.1) is 10.2 Å². The number of aryl methyl sites for hydroxylation is 1. The predicted molar refractivity (Wildman–Crippen MR) is 85.8 cm³/mol. The zero-order chi connectivity index (χ0) is 15.6. The van der Waals surface area contributed by atoms with Crippen LogP contribution >= 0.6 is 11.8 Å². The van der Waals surface area contributed by atoms with Crippen molar-refractivity contribution in [2.45, 2.75) is 43.5 Å². The molecule has 0 saturated heterocycles. The summed E-state index contributed by atoms with van der Waals surface area (Å²) in [6, 6.07) is 7.90. The Morgan fingerprint density at radius 2 is 1.86 bits per heavy atom. The molecule has 1 aromatic heterocycles. The number of carbonyl (C=O) groups excluding carboxylic acids is 1. The highest BCUT2D eigenvalue weighted by molar-refractivity contribution is 8.00. The summed E-state index contributed by atoms with van der Waals surface area (Å²) in [6.07, 6.45) is 1.64. The predicted octanol–water partition coefficient (Wildman–Crippen LogP) is 3.48. The Morgan fingerprint density at radius 3 is 2.33 bits per heavy atom. The molecule has 0 aliphatic heterocycles. The molecule has 5 heteroatoms. The third-order valence-corrected chi connectivity index (χ3v) is 4.50. The Morgan fingerprint density at radius 1 is 1.24 bits per heavy atom. The van der Waals surface area contributed by atoms with E-state index in [1.807, 2.05) is 42.8 Å². The molecule has 21 heavy (non-hydrogen) atoms. The second-order valence-corrected chi connectivity index (χ2v) is 7.48. The van der Waals surface area contributed by atoms with E-state index >= 15 is 0 Å². The number of Topliss-reactive ketones (excluding diaryl/α,β-unsaturated/α-hetero) is 1. The first-order chi connectivity index (χ1) is 9.79. The highest BCUT2D eigenvalue weighted by Crippen LogP contribution is 2.25. The molecule has 4 nitrogen and oxygen atoms in total. The zero-order valence-electron chi connectivity index (χ0n) is 13.1. The van der Waals surface area contributed by atoms with Crippen LogP contribution in [0.3, 0.4) is 0 Å². The molecule has 2 aromatic rings. The fourth-order valence-electron chi connectivity index (χ4n) is 1.96. The Bertz CT molecular complexity index is 626. The van der Waals surface area contributed by atoms with Gasteiger partial charge in [0.05, 0.1) is 5.25 Å². The first-order valence-electron chi connectivity index (χ1n) is 6.94. The Balaban J connectivity index is 2.11. The SMILES string of the molecule is C[C@H](Sc1nncn1C)C(=O)c1ccc(C(C)(C)C)cc1. The van der Waals surface area contributed by atoms with Crippen molar-refractivity contribution < 1.29 is 4.79 Å². The van der Waals surface area contributed by atoms with Crippen LogP contribution in [0.4, 0.5) is 0 Å². The smallest absolute Gasteiger partial charge is 0.191 e. The molecule has 1 atom stereocenters. The van der Waals surface area contributed by atoms with E-state index < -0.39 is 0 Å². The highest BCUT2D eigenvalue weighted by atomic mass is 32.2. The van der Waals surface area contributed by atoms with E-state index in [0.717, 1.165) is 10.7 Å². The first kappa shape index (κ1) is 15.8. The number of nitrogens with zero attached hydrogens (tertiary/aromatic N) is 3. The lowest BCUT2D eigenvalue weighted by Gasteiger charge is -2.19. The minimum absolute atomic E-state index is 0.0978. The summed E-state index contributed by atoms with van der Waals surface area (Å²) in [4.78, 5) is 12.5. The largest absolute Gasteiger partial charge is 0.312 e. The van der Waals surface area contributed by atoms with Crippen LogP contribution in [-0.4, -0.2) is 25.8 Å². The lowest BCUT2D eigenvalue weighted by molar-refractivity contribution is 0.0994.